The number of hydrogen-bond donors (Lipinski definition) is 1. The summed E-state index contributed by atoms with van der Waals surface area (Å²) in [6.07, 6.45) is 1.43. The van der Waals surface area contributed by atoms with Gasteiger partial charge in [0.15, 0.2) is 0 Å². The van der Waals surface area contributed by atoms with Gasteiger partial charge in [0, 0.05) is 13.0 Å². The molecule has 0 saturated heterocycles. The molecule has 0 saturated carbocycles. The second-order valence-electron chi connectivity index (χ2n) is 7.66. The number of rotatable bonds is 7. The lowest BCUT2D eigenvalue weighted by atomic mass is 9.85. The van der Waals surface area contributed by atoms with Crippen LogP contribution < -0.4 is 9.64 Å². The van der Waals surface area contributed by atoms with Crippen molar-refractivity contribution in [1.82, 2.24) is 0 Å². The van der Waals surface area contributed by atoms with Crippen molar-refractivity contribution in [3.63, 3.8) is 0 Å². The van der Waals surface area contributed by atoms with Gasteiger partial charge in [0.1, 0.15) is 11.4 Å². The van der Waals surface area contributed by atoms with E-state index in [0.717, 1.165) is 25.8 Å². The van der Waals surface area contributed by atoms with E-state index in [1.54, 1.807) is 23.1 Å². The Balaban J connectivity index is 2.14. The van der Waals surface area contributed by atoms with Crippen LogP contribution in [0, 0.1) is 0 Å². The molecule has 27 heavy (non-hydrogen) atoms. The third-order valence-electron chi connectivity index (χ3n) is 5.18. The van der Waals surface area contributed by atoms with E-state index in [0.29, 0.717) is 17.9 Å². The molecule has 0 amide bonds. The zero-order valence-corrected chi connectivity index (χ0v) is 16.1. The highest BCUT2D eigenvalue weighted by molar-refractivity contribution is 5.65. The number of unbranched alkanes of at least 4 members (excludes halogenated alkanes) is 1. The number of ether oxygens (including phenoxy) is 1. The van der Waals surface area contributed by atoms with Crippen LogP contribution in [0.3, 0.4) is 0 Å². The Hall–Kier alpha value is -2.14. The summed E-state index contributed by atoms with van der Waals surface area (Å²) >= 11 is 0. The second kappa shape index (κ2) is 7.12. The van der Waals surface area contributed by atoms with Crippen LogP contribution in [-0.4, -0.2) is 22.4 Å². The summed E-state index contributed by atoms with van der Waals surface area (Å²) in [5.41, 5.74) is -2.65. The number of anilines is 1. The number of aliphatic hydroxyl groups is 1. The maximum absolute atomic E-state index is 15.7. The third kappa shape index (κ3) is 3.29. The zero-order valence-electron chi connectivity index (χ0n) is 16.1. The molecule has 0 unspecified atom stereocenters. The van der Waals surface area contributed by atoms with E-state index in [-0.39, 0.29) is 13.0 Å². The minimum atomic E-state index is -3.50. The van der Waals surface area contributed by atoms with Gasteiger partial charge in [-0.05, 0) is 38.0 Å². The van der Waals surface area contributed by atoms with Crippen LogP contribution in [-0.2, 0) is 6.54 Å². The normalized spacial score (nSPS) is 19.7. The average molecular weight is 375 g/mol. The van der Waals surface area contributed by atoms with Crippen molar-refractivity contribution in [2.75, 3.05) is 4.90 Å². The third-order valence-corrected chi connectivity index (χ3v) is 5.18. The molecular formula is C22H27F2NO2. The quantitative estimate of drug-likeness (QED) is 0.705. The van der Waals surface area contributed by atoms with Crippen molar-refractivity contribution in [2.24, 2.45) is 0 Å². The highest BCUT2D eigenvalue weighted by Gasteiger charge is 2.68. The molecule has 0 bridgehead atoms. The fourth-order valence-electron chi connectivity index (χ4n) is 3.65. The summed E-state index contributed by atoms with van der Waals surface area (Å²) in [6.45, 7) is 4.52. The van der Waals surface area contributed by atoms with E-state index in [2.05, 4.69) is 0 Å². The fourth-order valence-corrected chi connectivity index (χ4v) is 3.65. The monoisotopic (exact) mass is 375 g/mol. The predicted molar refractivity (Wildman–Crippen MR) is 103 cm³/mol. The number of hydrogen-bond acceptors (Lipinski definition) is 3. The molecule has 2 aromatic carbocycles. The molecule has 1 atom stereocenters. The van der Waals surface area contributed by atoms with E-state index < -0.39 is 17.2 Å². The van der Waals surface area contributed by atoms with Crippen molar-refractivity contribution < 1.29 is 18.6 Å². The molecule has 1 aliphatic heterocycles. The standard InChI is InChI=1S/C22H27F2NO2/c1-4-5-15-21(22(23,24)20(2,3)26)25(16-17-11-7-6-8-12-17)18-13-9-10-14-19(18)27-21/h6-14,26H,4-5,15-16H2,1-3H3/t21-/m0/s1. The van der Waals surface area contributed by atoms with Gasteiger partial charge in [0.2, 0.25) is 5.72 Å². The smallest absolute Gasteiger partial charge is 0.333 e. The first-order valence-electron chi connectivity index (χ1n) is 9.43. The number of nitrogens with zero attached hydrogens (tertiary/aromatic N) is 1. The highest BCUT2D eigenvalue weighted by Crippen LogP contribution is 2.54. The average Bonchev–Trinajstić information content (AvgIpc) is 2.95. The van der Waals surface area contributed by atoms with Crippen LogP contribution in [0.15, 0.2) is 54.6 Å². The predicted octanol–water partition coefficient (Wildman–Crippen LogP) is 5.38. The van der Waals surface area contributed by atoms with Gasteiger partial charge in [-0.15, -0.1) is 0 Å². The van der Waals surface area contributed by atoms with E-state index in [4.69, 9.17) is 4.74 Å². The van der Waals surface area contributed by atoms with Crippen LogP contribution >= 0.6 is 0 Å². The zero-order chi connectivity index (χ0) is 19.7. The molecule has 0 spiro atoms. The lowest BCUT2D eigenvalue weighted by Gasteiger charge is -2.47. The van der Waals surface area contributed by atoms with Crippen molar-refractivity contribution >= 4 is 5.69 Å². The van der Waals surface area contributed by atoms with Gasteiger partial charge >= 0.3 is 5.92 Å². The van der Waals surface area contributed by atoms with E-state index in [9.17, 15) is 5.11 Å². The number of benzene rings is 2. The Bertz CT molecular complexity index is 773. The molecule has 2 aromatic rings. The Morgan fingerprint density at radius 1 is 1.04 bits per heavy atom. The van der Waals surface area contributed by atoms with Gasteiger partial charge in [0.05, 0.1) is 5.69 Å². The fraction of sp³-hybridized carbons (Fsp3) is 0.455. The second-order valence-corrected chi connectivity index (χ2v) is 7.66. The molecule has 1 N–H and O–H groups in total. The van der Waals surface area contributed by atoms with Crippen LogP contribution in [0.1, 0.15) is 45.6 Å². The first-order valence-corrected chi connectivity index (χ1v) is 9.43. The molecule has 1 aliphatic rings. The molecule has 0 aromatic heterocycles. The van der Waals surface area contributed by atoms with Crippen LogP contribution in [0.25, 0.3) is 0 Å². The topological polar surface area (TPSA) is 32.7 Å². The van der Waals surface area contributed by atoms with Crippen molar-refractivity contribution in [1.29, 1.82) is 0 Å². The van der Waals surface area contributed by atoms with Gasteiger partial charge in [-0.25, -0.2) is 0 Å². The summed E-state index contributed by atoms with van der Waals surface area (Å²) in [5, 5.41) is 10.4. The summed E-state index contributed by atoms with van der Waals surface area (Å²) in [4.78, 5) is 1.63. The molecule has 0 aliphatic carbocycles. The number of fused-ring (bicyclic) bond motifs is 1. The molecule has 0 fully saturated rings. The van der Waals surface area contributed by atoms with Gasteiger partial charge in [-0.1, -0.05) is 55.8 Å². The number of para-hydroxylation sites is 2. The summed E-state index contributed by atoms with van der Waals surface area (Å²) in [5.74, 6) is -3.07. The Labute approximate surface area is 159 Å². The minimum absolute atomic E-state index is 0.113. The van der Waals surface area contributed by atoms with E-state index >= 15 is 8.78 Å². The number of alkyl halides is 2. The maximum Gasteiger partial charge on any atom is 0.333 e. The summed E-state index contributed by atoms with van der Waals surface area (Å²) in [6, 6.07) is 16.6. The summed E-state index contributed by atoms with van der Waals surface area (Å²) in [7, 11) is 0. The van der Waals surface area contributed by atoms with Crippen LogP contribution in [0.4, 0.5) is 14.5 Å². The van der Waals surface area contributed by atoms with Crippen molar-refractivity contribution in [3.8, 4) is 5.75 Å². The van der Waals surface area contributed by atoms with Gasteiger partial charge in [-0.2, -0.15) is 8.78 Å². The van der Waals surface area contributed by atoms with Gasteiger partial charge in [-0.3, -0.25) is 0 Å². The maximum atomic E-state index is 15.7. The van der Waals surface area contributed by atoms with Crippen LogP contribution in [0.2, 0.25) is 0 Å². The SMILES string of the molecule is CCCC[C@@]1(C(F)(F)C(C)(C)O)Oc2ccccc2N1Cc1ccccc1. The first-order chi connectivity index (χ1) is 12.7. The lowest BCUT2D eigenvalue weighted by molar-refractivity contribution is -0.251. The van der Waals surface area contributed by atoms with E-state index in [1.807, 2.05) is 43.3 Å². The van der Waals surface area contributed by atoms with Crippen LogP contribution in [0.5, 0.6) is 5.75 Å². The Kier molecular flexibility index (Phi) is 5.17. The molecule has 0 radical (unpaired) electrons. The largest absolute Gasteiger partial charge is 0.459 e. The molecule has 5 heteroatoms. The highest BCUT2D eigenvalue weighted by atomic mass is 19.3. The lowest BCUT2D eigenvalue weighted by Crippen LogP contribution is -2.69. The molecule has 3 nitrogen and oxygen atoms in total. The van der Waals surface area contributed by atoms with Crippen molar-refractivity contribution in [3.05, 3.63) is 60.2 Å². The molecule has 1 heterocycles. The number of halogens is 2. The Morgan fingerprint density at radius 3 is 2.30 bits per heavy atom. The van der Waals surface area contributed by atoms with E-state index in [1.165, 1.54) is 0 Å². The molecular weight excluding hydrogens is 348 g/mol. The van der Waals surface area contributed by atoms with Gasteiger partial charge < -0.3 is 14.7 Å². The molecule has 3 rings (SSSR count). The minimum Gasteiger partial charge on any atom is -0.459 e. The molecule has 146 valence electrons. The van der Waals surface area contributed by atoms with Crippen molar-refractivity contribution in [2.45, 2.75) is 63.8 Å². The van der Waals surface area contributed by atoms with Gasteiger partial charge in [0.25, 0.3) is 0 Å². The summed E-state index contributed by atoms with van der Waals surface area (Å²) < 4.78 is 37.4. The first kappa shape index (κ1) is 19.6. The Morgan fingerprint density at radius 2 is 1.67 bits per heavy atom.